The molecule has 1 N–H and O–H groups in total. The molecule has 3 rings (SSSR count). The highest BCUT2D eigenvalue weighted by Gasteiger charge is 2.15. The van der Waals surface area contributed by atoms with Gasteiger partial charge in [0.05, 0.1) is 20.5 Å². The SMILES string of the molecule is Cc1ncc(-c2nnc3c(Cl)cc(C(=O)O)cn23)s1. The molecule has 8 heteroatoms. The van der Waals surface area contributed by atoms with E-state index in [9.17, 15) is 4.79 Å². The van der Waals surface area contributed by atoms with E-state index in [-0.39, 0.29) is 10.6 Å². The first-order chi connectivity index (χ1) is 9.06. The van der Waals surface area contributed by atoms with Crippen molar-refractivity contribution in [3.8, 4) is 10.7 Å². The third-order valence-corrected chi connectivity index (χ3v) is 3.74. The molecule has 0 bridgehead atoms. The molecule has 0 fully saturated rings. The van der Waals surface area contributed by atoms with Gasteiger partial charge < -0.3 is 5.11 Å². The number of nitrogens with zero attached hydrogens (tertiary/aromatic N) is 4. The molecule has 96 valence electrons. The number of carbonyl (C=O) groups is 1. The van der Waals surface area contributed by atoms with Gasteiger partial charge in [0.1, 0.15) is 0 Å². The van der Waals surface area contributed by atoms with E-state index in [0.29, 0.717) is 11.5 Å². The van der Waals surface area contributed by atoms with Gasteiger partial charge in [0.2, 0.25) is 0 Å². The van der Waals surface area contributed by atoms with E-state index in [1.807, 2.05) is 6.92 Å². The molecule has 0 radical (unpaired) electrons. The highest BCUT2D eigenvalue weighted by atomic mass is 35.5. The highest BCUT2D eigenvalue weighted by Crippen LogP contribution is 2.27. The van der Waals surface area contributed by atoms with Crippen molar-refractivity contribution in [1.82, 2.24) is 19.6 Å². The lowest BCUT2D eigenvalue weighted by molar-refractivity contribution is 0.0696. The standard InChI is InChI=1S/C11H7ClN4O2S/c1-5-13-3-8(19-5)10-15-14-9-7(12)2-6(11(17)18)4-16(9)10/h2-4H,1H3,(H,17,18). The molecule has 0 saturated carbocycles. The largest absolute Gasteiger partial charge is 0.478 e. The number of halogens is 1. The van der Waals surface area contributed by atoms with Gasteiger partial charge in [-0.05, 0) is 13.0 Å². The molecule has 0 spiro atoms. The Morgan fingerprint density at radius 3 is 2.89 bits per heavy atom. The molecule has 3 heterocycles. The summed E-state index contributed by atoms with van der Waals surface area (Å²) in [6.07, 6.45) is 3.13. The summed E-state index contributed by atoms with van der Waals surface area (Å²) < 4.78 is 1.57. The van der Waals surface area contributed by atoms with Crippen molar-refractivity contribution >= 4 is 34.6 Å². The van der Waals surface area contributed by atoms with Crippen LogP contribution in [0.3, 0.4) is 0 Å². The van der Waals surface area contributed by atoms with Gasteiger partial charge >= 0.3 is 5.97 Å². The van der Waals surface area contributed by atoms with Gasteiger partial charge in [-0.15, -0.1) is 21.5 Å². The summed E-state index contributed by atoms with van der Waals surface area (Å²) in [4.78, 5) is 16.0. The number of aromatic nitrogens is 4. The first kappa shape index (κ1) is 12.1. The predicted molar refractivity (Wildman–Crippen MR) is 70.8 cm³/mol. The van der Waals surface area contributed by atoms with E-state index in [2.05, 4.69) is 15.2 Å². The lowest BCUT2D eigenvalue weighted by Gasteiger charge is -2.01. The summed E-state index contributed by atoms with van der Waals surface area (Å²) in [5, 5.41) is 18.2. The number of fused-ring (bicyclic) bond motifs is 1. The molecule has 0 amide bonds. The van der Waals surface area contributed by atoms with Crippen LogP contribution in [0.5, 0.6) is 0 Å². The van der Waals surface area contributed by atoms with Crippen molar-refractivity contribution in [2.45, 2.75) is 6.92 Å². The predicted octanol–water partition coefficient (Wildman–Crippen LogP) is 2.51. The van der Waals surface area contributed by atoms with E-state index < -0.39 is 5.97 Å². The topological polar surface area (TPSA) is 80.4 Å². The molecule has 19 heavy (non-hydrogen) atoms. The number of rotatable bonds is 2. The first-order valence-corrected chi connectivity index (χ1v) is 6.46. The Hall–Kier alpha value is -1.99. The molecule has 0 saturated heterocycles. The average Bonchev–Trinajstić information content (AvgIpc) is 2.94. The minimum Gasteiger partial charge on any atom is -0.478 e. The van der Waals surface area contributed by atoms with Crippen molar-refractivity contribution in [3.05, 3.63) is 34.1 Å². The van der Waals surface area contributed by atoms with Gasteiger partial charge in [-0.25, -0.2) is 9.78 Å². The second-order valence-electron chi connectivity index (χ2n) is 3.84. The zero-order valence-electron chi connectivity index (χ0n) is 9.66. The quantitative estimate of drug-likeness (QED) is 0.785. The molecule has 0 unspecified atom stereocenters. The molecule has 0 aliphatic rings. The lowest BCUT2D eigenvalue weighted by Crippen LogP contribution is -2.00. The van der Waals surface area contributed by atoms with Crippen molar-refractivity contribution in [1.29, 1.82) is 0 Å². The fourth-order valence-electron chi connectivity index (χ4n) is 1.70. The Kier molecular flexibility index (Phi) is 2.72. The summed E-state index contributed by atoms with van der Waals surface area (Å²) in [6, 6.07) is 1.36. The van der Waals surface area contributed by atoms with Crippen LogP contribution in [-0.2, 0) is 0 Å². The Bertz CT molecular complexity index is 795. The van der Waals surface area contributed by atoms with Crippen LogP contribution in [0.2, 0.25) is 5.02 Å². The van der Waals surface area contributed by atoms with E-state index in [1.165, 1.54) is 23.6 Å². The smallest absolute Gasteiger partial charge is 0.337 e. The maximum atomic E-state index is 11.0. The summed E-state index contributed by atoms with van der Waals surface area (Å²) in [5.74, 6) is -0.519. The van der Waals surface area contributed by atoms with Crippen molar-refractivity contribution in [2.24, 2.45) is 0 Å². The van der Waals surface area contributed by atoms with Crippen LogP contribution in [0.15, 0.2) is 18.5 Å². The summed E-state index contributed by atoms with van der Waals surface area (Å²) >= 11 is 7.47. The number of carboxylic acid groups (broad SMARTS) is 1. The van der Waals surface area contributed by atoms with E-state index in [0.717, 1.165) is 9.88 Å². The zero-order chi connectivity index (χ0) is 13.6. The maximum Gasteiger partial charge on any atom is 0.337 e. The van der Waals surface area contributed by atoms with Crippen LogP contribution in [0, 0.1) is 6.92 Å². The molecule has 3 aromatic rings. The molecule has 3 aromatic heterocycles. The monoisotopic (exact) mass is 294 g/mol. The van der Waals surface area contributed by atoms with E-state index in [4.69, 9.17) is 16.7 Å². The number of aryl methyl sites for hydroxylation is 1. The van der Waals surface area contributed by atoms with Gasteiger partial charge in [0.15, 0.2) is 11.5 Å². The number of carboxylic acids is 1. The molecule has 6 nitrogen and oxygen atoms in total. The average molecular weight is 295 g/mol. The number of thiazole rings is 1. The third-order valence-electron chi connectivity index (χ3n) is 2.55. The Balaban J connectivity index is 2.29. The summed E-state index contributed by atoms with van der Waals surface area (Å²) in [7, 11) is 0. The van der Waals surface area contributed by atoms with Crippen LogP contribution in [0.25, 0.3) is 16.3 Å². The van der Waals surface area contributed by atoms with Crippen molar-refractivity contribution in [2.75, 3.05) is 0 Å². The highest BCUT2D eigenvalue weighted by molar-refractivity contribution is 7.14. The van der Waals surface area contributed by atoms with Crippen LogP contribution < -0.4 is 0 Å². The normalized spacial score (nSPS) is 11.1. The zero-order valence-corrected chi connectivity index (χ0v) is 11.2. The minimum atomic E-state index is -1.05. The number of aromatic carboxylic acids is 1. The van der Waals surface area contributed by atoms with Crippen LogP contribution in [0.1, 0.15) is 15.4 Å². The fraction of sp³-hybridized carbons (Fsp3) is 0.0909. The van der Waals surface area contributed by atoms with Gasteiger partial charge in [-0.3, -0.25) is 4.40 Å². The Morgan fingerprint density at radius 2 is 2.26 bits per heavy atom. The van der Waals surface area contributed by atoms with Crippen molar-refractivity contribution in [3.63, 3.8) is 0 Å². The van der Waals surface area contributed by atoms with Crippen LogP contribution >= 0.6 is 22.9 Å². The maximum absolute atomic E-state index is 11.0. The second-order valence-corrected chi connectivity index (χ2v) is 5.48. The van der Waals surface area contributed by atoms with Gasteiger partial charge in [-0.2, -0.15) is 0 Å². The lowest BCUT2D eigenvalue weighted by atomic mass is 10.3. The molecule has 0 aliphatic carbocycles. The minimum absolute atomic E-state index is 0.0831. The Labute approximate surface area is 116 Å². The fourth-order valence-corrected chi connectivity index (χ4v) is 2.71. The third kappa shape index (κ3) is 1.96. The molecular weight excluding hydrogens is 288 g/mol. The molecule has 0 aromatic carbocycles. The van der Waals surface area contributed by atoms with E-state index in [1.54, 1.807) is 10.6 Å². The van der Waals surface area contributed by atoms with Gasteiger partial charge in [0, 0.05) is 12.4 Å². The van der Waals surface area contributed by atoms with Gasteiger partial charge in [-0.1, -0.05) is 11.6 Å². The number of pyridine rings is 1. The van der Waals surface area contributed by atoms with Crippen LogP contribution in [-0.4, -0.2) is 30.7 Å². The van der Waals surface area contributed by atoms with E-state index >= 15 is 0 Å². The molecule has 0 atom stereocenters. The van der Waals surface area contributed by atoms with Crippen molar-refractivity contribution < 1.29 is 9.90 Å². The second kappa shape index (κ2) is 4.29. The number of hydrogen-bond donors (Lipinski definition) is 1. The summed E-state index contributed by atoms with van der Waals surface area (Å²) in [6.45, 7) is 1.88. The Morgan fingerprint density at radius 1 is 1.47 bits per heavy atom. The number of hydrogen-bond acceptors (Lipinski definition) is 5. The van der Waals surface area contributed by atoms with Crippen LogP contribution in [0.4, 0.5) is 0 Å². The molecular formula is C11H7ClN4O2S. The first-order valence-electron chi connectivity index (χ1n) is 5.26. The van der Waals surface area contributed by atoms with Gasteiger partial charge in [0.25, 0.3) is 0 Å². The summed E-state index contributed by atoms with van der Waals surface area (Å²) in [5.41, 5.74) is 0.507. The molecule has 0 aliphatic heterocycles.